The van der Waals surface area contributed by atoms with Crippen LogP contribution in [-0.2, 0) is 9.90 Å². The Labute approximate surface area is 54.9 Å². The normalized spacial score (nSPS) is 40.4. The zero-order chi connectivity index (χ0) is 7.02. The second kappa shape index (κ2) is 2.01. The second-order valence-electron chi connectivity index (χ2n) is 2.78. The smallest absolute Gasteiger partial charge is 0.247 e. The molecule has 0 spiro atoms. The van der Waals surface area contributed by atoms with Crippen LogP contribution in [0.15, 0.2) is 0 Å². The maximum atomic E-state index is 10.2. The van der Waals surface area contributed by atoms with E-state index in [-0.39, 0.29) is 5.92 Å². The minimum Gasteiger partial charge on any atom is -0.247 e. The summed E-state index contributed by atoms with van der Waals surface area (Å²) in [4.78, 5) is 10.2. The molecule has 2 nitrogen and oxygen atoms in total. The Balaban J connectivity index is 2.42. The summed E-state index contributed by atoms with van der Waals surface area (Å²) < 4.78 is 0. The van der Waals surface area contributed by atoms with Crippen LogP contribution in [0.3, 0.4) is 0 Å². The summed E-state index contributed by atoms with van der Waals surface area (Å²) in [5.74, 6) is -0.251. The van der Waals surface area contributed by atoms with E-state index in [1.54, 1.807) is 0 Å². The molecule has 0 aromatic rings. The van der Waals surface area contributed by atoms with E-state index in [1.807, 2.05) is 13.8 Å². The van der Waals surface area contributed by atoms with Crippen LogP contribution in [0.5, 0.6) is 0 Å². The van der Waals surface area contributed by atoms with E-state index in [2.05, 4.69) is 0 Å². The van der Waals surface area contributed by atoms with Crippen LogP contribution in [0.25, 0.3) is 0 Å². The molecule has 0 aromatic heterocycles. The Hall–Kier alpha value is -0.530. The van der Waals surface area contributed by atoms with Gasteiger partial charge in [0.1, 0.15) is 0 Å². The van der Waals surface area contributed by atoms with Crippen LogP contribution >= 0.6 is 0 Å². The Morgan fingerprint density at radius 1 is 1.56 bits per heavy atom. The van der Waals surface area contributed by atoms with E-state index in [1.165, 1.54) is 0 Å². The third kappa shape index (κ3) is 0.934. The monoisotopic (exact) mass is 127 g/mol. The maximum Gasteiger partial charge on any atom is 0.359 e. The van der Waals surface area contributed by atoms with Gasteiger partial charge >= 0.3 is 5.97 Å². The molecule has 0 saturated heterocycles. The first-order valence-corrected chi connectivity index (χ1v) is 3.39. The first-order chi connectivity index (χ1) is 4.18. The maximum absolute atomic E-state index is 10.2. The lowest BCUT2D eigenvalue weighted by molar-refractivity contribution is -0.145. The number of hydrogen-bond acceptors (Lipinski definition) is 1. The highest BCUT2D eigenvalue weighted by Crippen LogP contribution is 2.48. The molecule has 1 aliphatic rings. The number of carbonyl (C=O) groups excluding carboxylic acids is 1. The van der Waals surface area contributed by atoms with E-state index < -0.39 is 5.97 Å². The van der Waals surface area contributed by atoms with E-state index in [0.717, 1.165) is 6.42 Å². The summed E-state index contributed by atoms with van der Waals surface area (Å²) in [5, 5.41) is 10.2. The SMILES string of the molecule is CCC1C(C)C1C([O])=O. The van der Waals surface area contributed by atoms with E-state index in [4.69, 9.17) is 0 Å². The summed E-state index contributed by atoms with van der Waals surface area (Å²) in [7, 11) is 0. The average molecular weight is 127 g/mol. The van der Waals surface area contributed by atoms with Gasteiger partial charge < -0.3 is 0 Å². The fourth-order valence-corrected chi connectivity index (χ4v) is 1.56. The van der Waals surface area contributed by atoms with Crippen LogP contribution in [-0.4, -0.2) is 5.97 Å². The van der Waals surface area contributed by atoms with Gasteiger partial charge in [-0.05, 0) is 11.8 Å². The first kappa shape index (κ1) is 6.59. The number of carbonyl (C=O) groups is 1. The third-order valence-corrected chi connectivity index (χ3v) is 2.31. The Kier molecular flexibility index (Phi) is 1.47. The molecular weight excluding hydrogens is 116 g/mol. The standard InChI is InChI=1S/C7H11O2/c1-3-5-4(2)6(5)7(8)9/h4-6H,3H2,1-2H3. The lowest BCUT2D eigenvalue weighted by Crippen LogP contribution is -1.97. The van der Waals surface area contributed by atoms with Gasteiger partial charge in [-0.25, -0.2) is 9.90 Å². The van der Waals surface area contributed by atoms with Crippen molar-refractivity contribution in [1.29, 1.82) is 0 Å². The zero-order valence-corrected chi connectivity index (χ0v) is 5.76. The van der Waals surface area contributed by atoms with Gasteiger partial charge in [0, 0.05) is 0 Å². The fraction of sp³-hybridized carbons (Fsp3) is 0.857. The quantitative estimate of drug-likeness (QED) is 0.549. The summed E-state index contributed by atoms with van der Waals surface area (Å²) >= 11 is 0. The molecular formula is C7H11O2. The minimum atomic E-state index is -0.866. The van der Waals surface area contributed by atoms with Crippen LogP contribution in [0.4, 0.5) is 0 Å². The van der Waals surface area contributed by atoms with Crippen LogP contribution < -0.4 is 0 Å². The van der Waals surface area contributed by atoms with Crippen LogP contribution in [0.2, 0.25) is 0 Å². The molecule has 0 amide bonds. The summed E-state index contributed by atoms with van der Waals surface area (Å²) in [5.41, 5.74) is 0. The molecule has 0 heterocycles. The Bertz CT molecular complexity index is 131. The predicted octanol–water partition coefficient (Wildman–Crippen LogP) is 1.24. The molecule has 9 heavy (non-hydrogen) atoms. The minimum absolute atomic E-state index is 0.144. The lowest BCUT2D eigenvalue weighted by Gasteiger charge is -1.82. The fourth-order valence-electron chi connectivity index (χ4n) is 1.56. The predicted molar refractivity (Wildman–Crippen MR) is 32.1 cm³/mol. The highest BCUT2D eigenvalue weighted by molar-refractivity contribution is 5.73. The molecule has 3 atom stereocenters. The van der Waals surface area contributed by atoms with Gasteiger partial charge in [-0.3, -0.25) is 0 Å². The molecule has 1 aliphatic carbocycles. The zero-order valence-electron chi connectivity index (χ0n) is 5.76. The van der Waals surface area contributed by atoms with Crippen molar-refractivity contribution in [2.24, 2.45) is 17.8 Å². The van der Waals surface area contributed by atoms with Gasteiger partial charge in [-0.1, -0.05) is 20.3 Å². The van der Waals surface area contributed by atoms with E-state index >= 15 is 0 Å². The van der Waals surface area contributed by atoms with Gasteiger partial charge in [0.05, 0.1) is 5.92 Å². The molecule has 3 unspecified atom stereocenters. The van der Waals surface area contributed by atoms with Crippen molar-refractivity contribution < 1.29 is 9.90 Å². The molecule has 51 valence electrons. The van der Waals surface area contributed by atoms with Gasteiger partial charge in [-0.15, -0.1) is 0 Å². The molecule has 0 aliphatic heterocycles. The second-order valence-corrected chi connectivity index (χ2v) is 2.78. The van der Waals surface area contributed by atoms with Gasteiger partial charge in [0.15, 0.2) is 0 Å². The highest BCUT2D eigenvalue weighted by atomic mass is 16.4. The van der Waals surface area contributed by atoms with Crippen molar-refractivity contribution in [3.63, 3.8) is 0 Å². The summed E-state index contributed by atoms with van der Waals surface area (Å²) in [6, 6.07) is 0. The molecule has 1 rings (SSSR count). The van der Waals surface area contributed by atoms with Gasteiger partial charge in [0.2, 0.25) is 0 Å². The van der Waals surface area contributed by atoms with Crippen LogP contribution in [0.1, 0.15) is 20.3 Å². The number of rotatable bonds is 2. The third-order valence-electron chi connectivity index (χ3n) is 2.31. The average Bonchev–Trinajstić information content (AvgIpc) is 2.40. The van der Waals surface area contributed by atoms with Gasteiger partial charge in [0.25, 0.3) is 0 Å². The molecule has 0 bridgehead atoms. The topological polar surface area (TPSA) is 37.0 Å². The highest BCUT2D eigenvalue weighted by Gasteiger charge is 2.51. The molecule has 0 aromatic carbocycles. The molecule has 1 saturated carbocycles. The largest absolute Gasteiger partial charge is 0.359 e. The van der Waals surface area contributed by atoms with E-state index in [0.29, 0.717) is 11.8 Å². The van der Waals surface area contributed by atoms with E-state index in [9.17, 15) is 9.90 Å². The van der Waals surface area contributed by atoms with Crippen molar-refractivity contribution in [2.75, 3.05) is 0 Å². The van der Waals surface area contributed by atoms with Crippen molar-refractivity contribution in [3.05, 3.63) is 0 Å². The number of hydrogen-bond donors (Lipinski definition) is 0. The van der Waals surface area contributed by atoms with Crippen molar-refractivity contribution in [2.45, 2.75) is 20.3 Å². The molecule has 1 radical (unpaired) electrons. The summed E-state index contributed by atoms with van der Waals surface area (Å²) in [6.07, 6.45) is 0.972. The Morgan fingerprint density at radius 2 is 2.11 bits per heavy atom. The van der Waals surface area contributed by atoms with Crippen molar-refractivity contribution in [1.82, 2.24) is 0 Å². The van der Waals surface area contributed by atoms with Crippen molar-refractivity contribution in [3.8, 4) is 0 Å². The summed E-state index contributed by atoms with van der Waals surface area (Å²) in [6.45, 7) is 3.98. The van der Waals surface area contributed by atoms with Gasteiger partial charge in [-0.2, -0.15) is 0 Å². The molecule has 1 fully saturated rings. The van der Waals surface area contributed by atoms with Crippen LogP contribution in [0, 0.1) is 17.8 Å². The lowest BCUT2D eigenvalue weighted by atomic mass is 10.2. The molecule has 0 N–H and O–H groups in total. The van der Waals surface area contributed by atoms with Crippen molar-refractivity contribution >= 4 is 5.97 Å². The Morgan fingerprint density at radius 3 is 2.22 bits per heavy atom. The first-order valence-electron chi connectivity index (χ1n) is 3.39. The molecule has 2 heteroatoms.